The maximum Gasteiger partial charge on any atom is 0.338 e. The van der Waals surface area contributed by atoms with Gasteiger partial charge in [0.15, 0.2) is 0 Å². The molecule has 0 bridgehead atoms. The van der Waals surface area contributed by atoms with Crippen LogP contribution in [-0.4, -0.2) is 41.3 Å². The number of hydrogen-bond donors (Lipinski definition) is 1. The smallest absolute Gasteiger partial charge is 0.338 e. The summed E-state index contributed by atoms with van der Waals surface area (Å²) in [7, 11) is 0. The molecule has 0 aromatic heterocycles. The Bertz CT molecular complexity index is 924. The minimum atomic E-state index is -0.824. The van der Waals surface area contributed by atoms with Crippen LogP contribution in [-0.2, 0) is 14.3 Å². The Balaban J connectivity index is 1.54. The summed E-state index contributed by atoms with van der Waals surface area (Å²) in [6.07, 6.45) is 3.33. The summed E-state index contributed by atoms with van der Waals surface area (Å²) in [4.78, 5) is 34.8. The molecule has 2 fully saturated rings. The lowest BCUT2D eigenvalue weighted by Crippen LogP contribution is -2.56. The van der Waals surface area contributed by atoms with E-state index < -0.39 is 22.4 Å². The van der Waals surface area contributed by atoms with E-state index in [9.17, 15) is 24.8 Å². The van der Waals surface area contributed by atoms with Crippen LogP contribution in [0.15, 0.2) is 35.9 Å². The molecule has 30 heavy (non-hydrogen) atoms. The lowest BCUT2D eigenvalue weighted by Gasteiger charge is -2.57. The fourth-order valence-electron chi connectivity index (χ4n) is 5.85. The van der Waals surface area contributed by atoms with Gasteiger partial charge in [-0.3, -0.25) is 10.1 Å². The van der Waals surface area contributed by atoms with Gasteiger partial charge in [0.1, 0.15) is 0 Å². The summed E-state index contributed by atoms with van der Waals surface area (Å²) in [5.74, 6) is -1.16. The SMILES string of the molecule is CC1(COC(=O)c2ccc([N+](=O)[O-])cc2)CCCC2(C)C3COC(=O)C3=CC(O)C12. The van der Waals surface area contributed by atoms with Gasteiger partial charge in [-0.2, -0.15) is 0 Å². The molecule has 0 spiro atoms. The number of fused-ring (bicyclic) bond motifs is 3. The predicted octanol–water partition coefficient (Wildman–Crippen LogP) is 3.04. The van der Waals surface area contributed by atoms with Gasteiger partial charge in [-0.25, -0.2) is 9.59 Å². The number of nitro benzene ring substituents is 1. The molecular formula is C22H25NO7. The Morgan fingerprint density at radius 1 is 1.30 bits per heavy atom. The summed E-state index contributed by atoms with van der Waals surface area (Å²) in [5, 5.41) is 21.7. The lowest BCUT2D eigenvalue weighted by molar-refractivity contribution is -0.384. The average Bonchev–Trinajstić information content (AvgIpc) is 3.07. The maximum absolute atomic E-state index is 12.5. The molecule has 1 aromatic carbocycles. The van der Waals surface area contributed by atoms with Crippen LogP contribution in [0.1, 0.15) is 43.5 Å². The highest BCUT2D eigenvalue weighted by atomic mass is 16.6. The van der Waals surface area contributed by atoms with E-state index >= 15 is 0 Å². The lowest BCUT2D eigenvalue weighted by atomic mass is 9.48. The topological polar surface area (TPSA) is 116 Å². The van der Waals surface area contributed by atoms with Crippen LogP contribution in [0.25, 0.3) is 0 Å². The number of nitro groups is 1. The molecule has 1 aromatic rings. The molecule has 8 heteroatoms. The van der Waals surface area contributed by atoms with Gasteiger partial charge in [-0.15, -0.1) is 0 Å². The average molecular weight is 415 g/mol. The minimum Gasteiger partial charge on any atom is -0.462 e. The molecule has 1 heterocycles. The van der Waals surface area contributed by atoms with Crippen molar-refractivity contribution in [2.24, 2.45) is 22.7 Å². The first-order valence-electron chi connectivity index (χ1n) is 10.1. The van der Waals surface area contributed by atoms with Crippen molar-refractivity contribution >= 4 is 17.6 Å². The van der Waals surface area contributed by atoms with Crippen molar-refractivity contribution in [3.05, 3.63) is 51.6 Å². The third-order valence-corrected chi connectivity index (χ3v) is 7.25. The van der Waals surface area contributed by atoms with E-state index in [1.54, 1.807) is 6.08 Å². The maximum atomic E-state index is 12.5. The molecule has 1 aliphatic heterocycles. The number of carbonyl (C=O) groups excluding carboxylic acids is 2. The Kier molecular flexibility index (Phi) is 4.92. The first kappa shape index (κ1) is 20.5. The first-order valence-corrected chi connectivity index (χ1v) is 10.1. The molecule has 4 rings (SSSR count). The molecule has 1 N–H and O–H groups in total. The van der Waals surface area contributed by atoms with Crippen molar-refractivity contribution in [2.75, 3.05) is 13.2 Å². The summed E-state index contributed by atoms with van der Waals surface area (Å²) in [5.41, 5.74) is -0.0982. The van der Waals surface area contributed by atoms with Crippen LogP contribution in [0.4, 0.5) is 5.69 Å². The van der Waals surface area contributed by atoms with Crippen LogP contribution in [0.3, 0.4) is 0 Å². The Labute approximate surface area is 174 Å². The summed E-state index contributed by atoms with van der Waals surface area (Å²) in [6, 6.07) is 5.29. The highest BCUT2D eigenvalue weighted by Crippen LogP contribution is 2.61. The second-order valence-electron chi connectivity index (χ2n) is 9.13. The van der Waals surface area contributed by atoms with Gasteiger partial charge in [-0.05, 0) is 36.5 Å². The van der Waals surface area contributed by atoms with E-state index in [1.165, 1.54) is 24.3 Å². The molecule has 3 aliphatic rings. The molecule has 2 aliphatic carbocycles. The van der Waals surface area contributed by atoms with Crippen molar-refractivity contribution < 1.29 is 29.1 Å². The third-order valence-electron chi connectivity index (χ3n) is 7.25. The zero-order chi connectivity index (χ0) is 21.7. The molecule has 5 atom stereocenters. The van der Waals surface area contributed by atoms with E-state index in [1.807, 2.05) is 6.92 Å². The Morgan fingerprint density at radius 2 is 2.00 bits per heavy atom. The van der Waals surface area contributed by atoms with E-state index in [0.29, 0.717) is 12.2 Å². The van der Waals surface area contributed by atoms with E-state index in [0.717, 1.165) is 19.3 Å². The summed E-state index contributed by atoms with van der Waals surface area (Å²) < 4.78 is 10.9. The number of aliphatic hydroxyl groups is 1. The fourth-order valence-corrected chi connectivity index (χ4v) is 5.85. The van der Waals surface area contributed by atoms with Gasteiger partial charge >= 0.3 is 11.9 Å². The Morgan fingerprint density at radius 3 is 2.67 bits per heavy atom. The van der Waals surface area contributed by atoms with Crippen molar-refractivity contribution in [2.45, 2.75) is 39.2 Å². The molecule has 0 radical (unpaired) electrons. The molecule has 5 unspecified atom stereocenters. The van der Waals surface area contributed by atoms with Crippen LogP contribution in [0.2, 0.25) is 0 Å². The highest BCUT2D eigenvalue weighted by Gasteiger charge is 2.60. The third kappa shape index (κ3) is 3.19. The zero-order valence-electron chi connectivity index (χ0n) is 17.0. The number of cyclic esters (lactones) is 1. The number of carbonyl (C=O) groups is 2. The zero-order valence-corrected chi connectivity index (χ0v) is 17.0. The van der Waals surface area contributed by atoms with Gasteiger partial charge < -0.3 is 14.6 Å². The molecular weight excluding hydrogens is 390 g/mol. The predicted molar refractivity (Wildman–Crippen MR) is 105 cm³/mol. The molecule has 160 valence electrons. The fraction of sp³-hybridized carbons (Fsp3) is 0.545. The van der Waals surface area contributed by atoms with Crippen LogP contribution >= 0.6 is 0 Å². The van der Waals surface area contributed by atoms with Crippen LogP contribution < -0.4 is 0 Å². The quantitative estimate of drug-likeness (QED) is 0.456. The number of nitrogens with zero attached hydrogens (tertiary/aromatic N) is 1. The van der Waals surface area contributed by atoms with E-state index in [2.05, 4.69) is 6.92 Å². The van der Waals surface area contributed by atoms with Gasteiger partial charge in [0.25, 0.3) is 5.69 Å². The monoisotopic (exact) mass is 415 g/mol. The molecule has 8 nitrogen and oxygen atoms in total. The Hall–Kier alpha value is -2.74. The second kappa shape index (κ2) is 7.19. The largest absolute Gasteiger partial charge is 0.462 e. The summed E-state index contributed by atoms with van der Waals surface area (Å²) in [6.45, 7) is 4.54. The van der Waals surface area contributed by atoms with E-state index in [-0.39, 0.29) is 41.1 Å². The number of hydrogen-bond acceptors (Lipinski definition) is 7. The normalized spacial score (nSPS) is 35.0. The molecule has 1 saturated heterocycles. The number of esters is 2. The molecule has 1 saturated carbocycles. The number of rotatable bonds is 4. The summed E-state index contributed by atoms with van der Waals surface area (Å²) >= 11 is 0. The number of benzene rings is 1. The van der Waals surface area contributed by atoms with Gasteiger partial charge in [0.2, 0.25) is 0 Å². The van der Waals surface area contributed by atoms with Crippen molar-refractivity contribution in [3.8, 4) is 0 Å². The van der Waals surface area contributed by atoms with Crippen molar-refractivity contribution in [3.63, 3.8) is 0 Å². The standard InChI is InChI=1S/C22H25NO7/c1-21(12-30-19(25)13-4-6-14(7-5-13)23(27)28)8-3-9-22(2)16-11-29-20(26)15(16)10-17(24)18(21)22/h4-7,10,16-18,24H,3,8-9,11-12H2,1-2H3. The van der Waals surface area contributed by atoms with Crippen LogP contribution in [0.5, 0.6) is 0 Å². The second-order valence-corrected chi connectivity index (χ2v) is 9.13. The number of ether oxygens (including phenoxy) is 2. The van der Waals surface area contributed by atoms with Gasteiger partial charge in [0, 0.05) is 35.0 Å². The minimum absolute atomic E-state index is 0.0663. The van der Waals surface area contributed by atoms with E-state index in [4.69, 9.17) is 9.47 Å². The van der Waals surface area contributed by atoms with Gasteiger partial charge in [0.05, 0.1) is 29.8 Å². The number of non-ortho nitro benzene ring substituents is 1. The first-order chi connectivity index (χ1) is 14.2. The molecule has 0 amide bonds. The number of aliphatic hydroxyl groups excluding tert-OH is 1. The highest BCUT2D eigenvalue weighted by molar-refractivity contribution is 5.91. The van der Waals surface area contributed by atoms with Crippen LogP contribution in [0, 0.1) is 32.8 Å². The van der Waals surface area contributed by atoms with Gasteiger partial charge in [-0.1, -0.05) is 20.3 Å². The van der Waals surface area contributed by atoms with Crippen molar-refractivity contribution in [1.29, 1.82) is 0 Å². The van der Waals surface area contributed by atoms with Crippen molar-refractivity contribution in [1.82, 2.24) is 0 Å².